The number of hydrogen-bond acceptors (Lipinski definition) is 8. The quantitative estimate of drug-likeness (QED) is 0.268. The van der Waals surface area contributed by atoms with Gasteiger partial charge < -0.3 is 30.4 Å². The average molecular weight is 346 g/mol. The molecule has 1 fully saturated rings. The summed E-state index contributed by atoms with van der Waals surface area (Å²) in [6.45, 7) is -0.432. The second kappa shape index (κ2) is 6.01. The summed E-state index contributed by atoms with van der Waals surface area (Å²) in [6, 6.07) is 5.18. The number of rotatable bonds is 3. The van der Waals surface area contributed by atoms with Crippen LogP contribution in [-0.2, 0) is 4.74 Å². The van der Waals surface area contributed by atoms with Crippen molar-refractivity contribution in [2.45, 2.75) is 24.5 Å². The lowest BCUT2D eigenvalue weighted by atomic mass is 10.1. The maximum Gasteiger partial charge on any atom is 0.357 e. The van der Waals surface area contributed by atoms with Gasteiger partial charge in [0.2, 0.25) is 6.33 Å². The SMILES string of the molecule is O=c1[nH]c2c(NC3OC(CO)C(O)C3O)ncnc2[n+]2ccccc12. The number of hydrogen-bond donors (Lipinski definition) is 5. The first-order valence-corrected chi connectivity index (χ1v) is 7.66. The van der Waals surface area contributed by atoms with Gasteiger partial charge in [0.25, 0.3) is 5.56 Å². The molecule has 1 saturated heterocycles. The van der Waals surface area contributed by atoms with E-state index in [0.717, 1.165) is 0 Å². The minimum absolute atomic E-state index is 0.232. The van der Waals surface area contributed by atoms with Crippen LogP contribution in [0.3, 0.4) is 0 Å². The van der Waals surface area contributed by atoms with Crippen LogP contribution in [0.5, 0.6) is 0 Å². The maximum atomic E-state index is 12.3. The minimum atomic E-state index is -1.26. The van der Waals surface area contributed by atoms with Crippen molar-refractivity contribution in [3.8, 4) is 0 Å². The van der Waals surface area contributed by atoms with Crippen LogP contribution >= 0.6 is 0 Å². The molecule has 0 bridgehead atoms. The van der Waals surface area contributed by atoms with Gasteiger partial charge in [0.1, 0.15) is 18.3 Å². The van der Waals surface area contributed by atoms with Gasteiger partial charge in [0.05, 0.1) is 12.8 Å². The number of H-pyrrole nitrogens is 1. The summed E-state index contributed by atoms with van der Waals surface area (Å²) in [4.78, 5) is 23.3. The molecule has 4 unspecified atom stereocenters. The zero-order valence-electron chi connectivity index (χ0n) is 12.9. The van der Waals surface area contributed by atoms with Gasteiger partial charge in [-0.05, 0) is 17.1 Å². The summed E-state index contributed by atoms with van der Waals surface area (Å²) in [7, 11) is 0. The maximum absolute atomic E-state index is 12.3. The van der Waals surface area contributed by atoms with E-state index in [9.17, 15) is 15.0 Å². The number of nitrogens with zero attached hydrogens (tertiary/aromatic N) is 3. The summed E-state index contributed by atoms with van der Waals surface area (Å²) < 4.78 is 7.01. The van der Waals surface area contributed by atoms with Crippen molar-refractivity contribution in [1.82, 2.24) is 15.0 Å². The molecule has 10 nitrogen and oxygen atoms in total. The molecule has 3 aromatic rings. The minimum Gasteiger partial charge on any atom is -0.394 e. The Bertz CT molecular complexity index is 993. The van der Waals surface area contributed by atoms with Gasteiger partial charge in [-0.3, -0.25) is 4.79 Å². The molecule has 130 valence electrons. The van der Waals surface area contributed by atoms with E-state index in [1.807, 2.05) is 0 Å². The number of aromatic amines is 1. The third kappa shape index (κ3) is 2.51. The van der Waals surface area contributed by atoms with E-state index in [4.69, 9.17) is 9.84 Å². The Labute approximate surface area is 140 Å². The van der Waals surface area contributed by atoms with Crippen LogP contribution in [0.4, 0.5) is 5.82 Å². The lowest BCUT2D eigenvalue weighted by Gasteiger charge is -2.16. The molecular weight excluding hydrogens is 330 g/mol. The zero-order chi connectivity index (χ0) is 17.6. The fraction of sp³-hybridized carbons (Fsp3) is 0.333. The first-order chi connectivity index (χ1) is 12.1. The summed E-state index contributed by atoms with van der Waals surface area (Å²) in [6.07, 6.45) is -1.38. The summed E-state index contributed by atoms with van der Waals surface area (Å²) >= 11 is 0. The number of aromatic nitrogens is 4. The van der Waals surface area contributed by atoms with E-state index >= 15 is 0 Å². The lowest BCUT2D eigenvalue weighted by molar-refractivity contribution is -0.485. The van der Waals surface area contributed by atoms with Gasteiger partial charge >= 0.3 is 5.65 Å². The first-order valence-electron chi connectivity index (χ1n) is 7.66. The lowest BCUT2D eigenvalue weighted by Crippen LogP contribution is -2.37. The van der Waals surface area contributed by atoms with E-state index in [1.165, 1.54) is 6.33 Å². The Morgan fingerprint density at radius 1 is 1.28 bits per heavy atom. The van der Waals surface area contributed by atoms with E-state index < -0.39 is 31.1 Å². The van der Waals surface area contributed by atoms with Gasteiger partial charge in [0, 0.05) is 0 Å². The molecular formula is C15H16N5O5+. The molecule has 0 aromatic carbocycles. The van der Waals surface area contributed by atoms with Crippen molar-refractivity contribution < 1.29 is 24.5 Å². The molecule has 1 aliphatic rings. The smallest absolute Gasteiger partial charge is 0.357 e. The summed E-state index contributed by atoms with van der Waals surface area (Å²) in [5.41, 5.74) is 0.882. The fourth-order valence-electron chi connectivity index (χ4n) is 2.93. The molecule has 1 aliphatic heterocycles. The predicted molar refractivity (Wildman–Crippen MR) is 84.7 cm³/mol. The topological polar surface area (TPSA) is 145 Å². The van der Waals surface area contributed by atoms with Crippen molar-refractivity contribution >= 4 is 22.5 Å². The van der Waals surface area contributed by atoms with Crippen LogP contribution in [0.15, 0.2) is 35.5 Å². The Kier molecular flexibility index (Phi) is 3.81. The van der Waals surface area contributed by atoms with Crippen molar-refractivity contribution in [2.24, 2.45) is 0 Å². The van der Waals surface area contributed by atoms with E-state index in [1.54, 1.807) is 28.8 Å². The molecule has 0 saturated carbocycles. The first kappa shape index (κ1) is 15.8. The molecule has 5 N–H and O–H groups in total. The summed E-state index contributed by atoms with van der Waals surface area (Å²) in [5.74, 6) is 0.232. The van der Waals surface area contributed by atoms with Crippen LogP contribution in [0.2, 0.25) is 0 Å². The highest BCUT2D eigenvalue weighted by molar-refractivity contribution is 5.80. The molecule has 3 aromatic heterocycles. The molecule has 25 heavy (non-hydrogen) atoms. The third-order valence-electron chi connectivity index (χ3n) is 4.21. The second-order valence-electron chi connectivity index (χ2n) is 5.73. The Balaban J connectivity index is 1.80. The molecule has 0 spiro atoms. The molecule has 0 aliphatic carbocycles. The van der Waals surface area contributed by atoms with Crippen molar-refractivity contribution in [1.29, 1.82) is 0 Å². The standard InChI is InChI=1S/C15H15N5O5/c21-5-8-10(22)11(23)15(25-8)19-12-9-13(17-6-16-12)20-4-2-1-3-7(20)14(24)18-9/h1-4,6,8,10-11,15,21-24H,5H2/p+1. The zero-order valence-corrected chi connectivity index (χ0v) is 12.9. The fourth-order valence-corrected chi connectivity index (χ4v) is 2.93. The third-order valence-corrected chi connectivity index (χ3v) is 4.21. The van der Waals surface area contributed by atoms with Crippen molar-refractivity contribution in [2.75, 3.05) is 11.9 Å². The van der Waals surface area contributed by atoms with E-state index in [0.29, 0.717) is 16.7 Å². The molecule has 4 atom stereocenters. The number of fused-ring (bicyclic) bond motifs is 3. The number of aliphatic hydroxyl groups excluding tert-OH is 3. The van der Waals surface area contributed by atoms with Crippen LogP contribution in [-0.4, -0.2) is 61.4 Å². The number of ether oxygens (including phenoxy) is 1. The Morgan fingerprint density at radius 3 is 2.88 bits per heavy atom. The molecule has 4 rings (SSSR count). The van der Waals surface area contributed by atoms with E-state index in [2.05, 4.69) is 20.3 Å². The van der Waals surface area contributed by atoms with Crippen molar-refractivity contribution in [3.63, 3.8) is 0 Å². The van der Waals surface area contributed by atoms with Gasteiger partial charge in [-0.25, -0.2) is 0 Å². The van der Waals surface area contributed by atoms with Gasteiger partial charge in [-0.15, -0.1) is 0 Å². The van der Waals surface area contributed by atoms with Crippen molar-refractivity contribution in [3.05, 3.63) is 41.1 Å². The van der Waals surface area contributed by atoms with E-state index in [-0.39, 0.29) is 11.4 Å². The molecule has 4 heterocycles. The monoisotopic (exact) mass is 346 g/mol. The highest BCUT2D eigenvalue weighted by Crippen LogP contribution is 2.23. The molecule has 0 amide bonds. The Hall–Kier alpha value is -2.66. The normalized spacial score (nSPS) is 26.4. The largest absolute Gasteiger partial charge is 0.394 e. The van der Waals surface area contributed by atoms with Crippen LogP contribution in [0.25, 0.3) is 16.7 Å². The van der Waals surface area contributed by atoms with Crippen LogP contribution in [0, 0.1) is 0 Å². The van der Waals surface area contributed by atoms with Gasteiger partial charge in [0.15, 0.2) is 23.1 Å². The number of aliphatic hydroxyl groups is 3. The predicted octanol–water partition coefficient (Wildman–Crippen LogP) is -2.09. The van der Waals surface area contributed by atoms with Crippen LogP contribution in [0.1, 0.15) is 0 Å². The average Bonchev–Trinajstić information content (AvgIpc) is 2.90. The molecule has 10 heteroatoms. The van der Waals surface area contributed by atoms with Gasteiger partial charge in [-0.2, -0.15) is 9.38 Å². The highest BCUT2D eigenvalue weighted by atomic mass is 16.6. The Morgan fingerprint density at radius 2 is 2.12 bits per heavy atom. The second-order valence-corrected chi connectivity index (χ2v) is 5.73. The van der Waals surface area contributed by atoms with Crippen LogP contribution < -0.4 is 15.3 Å². The number of pyridine rings is 1. The number of nitrogens with one attached hydrogen (secondary N) is 2. The van der Waals surface area contributed by atoms with Gasteiger partial charge in [-0.1, -0.05) is 6.07 Å². The highest BCUT2D eigenvalue weighted by Gasteiger charge is 2.42. The number of anilines is 1. The molecule has 0 radical (unpaired) electrons. The summed E-state index contributed by atoms with van der Waals surface area (Å²) in [5, 5.41) is 31.9.